The minimum atomic E-state index is -3.85. The monoisotopic (exact) mass is 292 g/mol. The SMILES string of the molecule is CC(=O)O[Si](COCC1CO1)(OC(C)=O)OC(C)=O. The van der Waals surface area contributed by atoms with Crippen molar-refractivity contribution in [1.82, 2.24) is 0 Å². The first kappa shape index (κ1) is 15.6. The first-order valence-corrected chi connectivity index (χ1v) is 7.54. The molecule has 1 saturated heterocycles. The Bertz CT molecular complexity index is 324. The molecule has 1 atom stereocenters. The first-order chi connectivity index (χ1) is 8.83. The van der Waals surface area contributed by atoms with Gasteiger partial charge in [-0.05, 0) is 0 Å². The van der Waals surface area contributed by atoms with Crippen molar-refractivity contribution in [2.45, 2.75) is 26.9 Å². The van der Waals surface area contributed by atoms with Crippen LogP contribution in [0, 0.1) is 0 Å². The van der Waals surface area contributed by atoms with E-state index in [2.05, 4.69) is 0 Å². The quantitative estimate of drug-likeness (QED) is 0.460. The number of carbonyl (C=O) groups is 3. The lowest BCUT2D eigenvalue weighted by Crippen LogP contribution is -2.54. The van der Waals surface area contributed by atoms with Crippen molar-refractivity contribution in [3.63, 3.8) is 0 Å². The average molecular weight is 292 g/mol. The van der Waals surface area contributed by atoms with Crippen molar-refractivity contribution in [1.29, 1.82) is 0 Å². The Morgan fingerprint density at radius 2 is 1.47 bits per heavy atom. The Hall–Kier alpha value is -1.45. The third kappa shape index (κ3) is 6.32. The van der Waals surface area contributed by atoms with Gasteiger partial charge in [-0.15, -0.1) is 0 Å². The van der Waals surface area contributed by atoms with E-state index in [1.807, 2.05) is 0 Å². The third-order valence-electron chi connectivity index (χ3n) is 1.88. The highest BCUT2D eigenvalue weighted by molar-refractivity contribution is 6.65. The minimum Gasteiger partial charge on any atom is -0.454 e. The predicted octanol–water partition coefficient (Wildman–Crippen LogP) is -0.431. The molecular formula is C10H16O8Si. The molecule has 108 valence electrons. The summed E-state index contributed by atoms with van der Waals surface area (Å²) in [6.45, 7) is 4.21. The maximum Gasteiger partial charge on any atom is 0.732 e. The zero-order valence-electron chi connectivity index (χ0n) is 11.0. The summed E-state index contributed by atoms with van der Waals surface area (Å²) in [4.78, 5) is 33.2. The molecule has 1 aliphatic heterocycles. The molecule has 0 N–H and O–H groups in total. The van der Waals surface area contributed by atoms with Gasteiger partial charge in [-0.25, -0.2) is 0 Å². The third-order valence-corrected chi connectivity index (χ3v) is 4.24. The van der Waals surface area contributed by atoms with E-state index < -0.39 is 26.7 Å². The molecule has 0 aliphatic carbocycles. The van der Waals surface area contributed by atoms with Gasteiger partial charge < -0.3 is 22.8 Å². The molecule has 1 fully saturated rings. The van der Waals surface area contributed by atoms with Crippen LogP contribution in [0.3, 0.4) is 0 Å². The standard InChI is InChI=1S/C10H16O8Si/c1-7(11)16-19(17-8(2)12,18-9(3)13)6-14-4-10-5-15-10/h10H,4-6H2,1-3H3. The van der Waals surface area contributed by atoms with E-state index in [0.717, 1.165) is 20.8 Å². The van der Waals surface area contributed by atoms with Crippen LogP contribution in [0.1, 0.15) is 20.8 Å². The summed E-state index contributed by atoms with van der Waals surface area (Å²) >= 11 is 0. The summed E-state index contributed by atoms with van der Waals surface area (Å²) in [5, 5.41) is 0. The van der Waals surface area contributed by atoms with E-state index in [1.165, 1.54) is 0 Å². The van der Waals surface area contributed by atoms with E-state index in [1.54, 1.807) is 0 Å². The Balaban J connectivity index is 2.69. The molecule has 0 radical (unpaired) electrons. The molecular weight excluding hydrogens is 276 g/mol. The van der Waals surface area contributed by atoms with Crippen LogP contribution in [0.25, 0.3) is 0 Å². The largest absolute Gasteiger partial charge is 0.732 e. The van der Waals surface area contributed by atoms with Gasteiger partial charge in [0, 0.05) is 20.8 Å². The molecule has 9 heteroatoms. The van der Waals surface area contributed by atoms with Crippen molar-refractivity contribution in [3.05, 3.63) is 0 Å². The number of rotatable bonds is 7. The molecule has 0 saturated carbocycles. The topological polar surface area (TPSA) is 101 Å². The van der Waals surface area contributed by atoms with Crippen LogP contribution >= 0.6 is 0 Å². The lowest BCUT2D eigenvalue weighted by Gasteiger charge is -2.25. The minimum absolute atomic E-state index is 0.0151. The molecule has 1 rings (SSSR count). The molecule has 1 aliphatic rings. The summed E-state index contributed by atoms with van der Waals surface area (Å²) in [5.41, 5.74) is 0. The smallest absolute Gasteiger partial charge is 0.454 e. The number of carbonyl (C=O) groups excluding carboxylic acids is 3. The molecule has 0 bridgehead atoms. The van der Waals surface area contributed by atoms with Crippen molar-refractivity contribution in [2.75, 3.05) is 19.4 Å². The van der Waals surface area contributed by atoms with Gasteiger partial charge in [0.05, 0.1) is 13.2 Å². The van der Waals surface area contributed by atoms with Gasteiger partial charge in [0.2, 0.25) is 0 Å². The van der Waals surface area contributed by atoms with Crippen molar-refractivity contribution in [3.8, 4) is 0 Å². The number of hydrogen-bond acceptors (Lipinski definition) is 8. The maximum absolute atomic E-state index is 11.1. The highest BCUT2D eigenvalue weighted by atomic mass is 28.4. The Kier molecular flexibility index (Phi) is 5.45. The first-order valence-electron chi connectivity index (χ1n) is 5.61. The Labute approximate surface area is 111 Å². The summed E-state index contributed by atoms with van der Waals surface area (Å²) in [7, 11) is -3.85. The fraction of sp³-hybridized carbons (Fsp3) is 0.700. The fourth-order valence-electron chi connectivity index (χ4n) is 1.29. The van der Waals surface area contributed by atoms with E-state index >= 15 is 0 Å². The highest BCUT2D eigenvalue weighted by Crippen LogP contribution is 2.15. The zero-order valence-corrected chi connectivity index (χ0v) is 12.0. The van der Waals surface area contributed by atoms with Gasteiger partial charge in [-0.3, -0.25) is 14.4 Å². The summed E-state index contributed by atoms with van der Waals surface area (Å²) in [5.74, 6) is -2.17. The van der Waals surface area contributed by atoms with E-state index in [-0.39, 0.29) is 18.9 Å². The second kappa shape index (κ2) is 6.64. The van der Waals surface area contributed by atoms with Crippen molar-refractivity contribution in [2.24, 2.45) is 0 Å². The molecule has 19 heavy (non-hydrogen) atoms. The van der Waals surface area contributed by atoms with Crippen LogP contribution in [-0.4, -0.2) is 52.3 Å². The predicted molar refractivity (Wildman–Crippen MR) is 61.6 cm³/mol. The van der Waals surface area contributed by atoms with Crippen molar-refractivity contribution >= 4 is 26.7 Å². The maximum atomic E-state index is 11.1. The second-order valence-corrected chi connectivity index (χ2v) is 6.20. The fourth-order valence-corrected chi connectivity index (χ4v) is 3.27. The molecule has 8 nitrogen and oxygen atoms in total. The molecule has 1 unspecified atom stereocenters. The number of hydrogen-bond donors (Lipinski definition) is 0. The van der Waals surface area contributed by atoms with E-state index in [0.29, 0.717) is 6.61 Å². The second-order valence-electron chi connectivity index (χ2n) is 3.93. The summed E-state index contributed by atoms with van der Waals surface area (Å²) in [6.07, 6.45) is -0.301. The highest BCUT2D eigenvalue weighted by Gasteiger charge is 2.53. The summed E-state index contributed by atoms with van der Waals surface area (Å²) in [6, 6.07) is 0. The van der Waals surface area contributed by atoms with Crippen LogP contribution < -0.4 is 0 Å². The van der Waals surface area contributed by atoms with E-state index in [4.69, 9.17) is 22.8 Å². The van der Waals surface area contributed by atoms with Crippen LogP contribution in [0.5, 0.6) is 0 Å². The van der Waals surface area contributed by atoms with Crippen LogP contribution in [-0.2, 0) is 37.1 Å². The van der Waals surface area contributed by atoms with Gasteiger partial charge in [0.1, 0.15) is 6.10 Å². The Morgan fingerprint density at radius 3 is 1.79 bits per heavy atom. The van der Waals surface area contributed by atoms with Crippen LogP contribution in [0.15, 0.2) is 0 Å². The van der Waals surface area contributed by atoms with Gasteiger partial charge in [-0.2, -0.15) is 0 Å². The van der Waals surface area contributed by atoms with Crippen molar-refractivity contribution < 1.29 is 37.1 Å². The normalized spacial score (nSPS) is 17.5. The molecule has 0 aromatic rings. The number of ether oxygens (including phenoxy) is 2. The zero-order chi connectivity index (χ0) is 14.5. The Morgan fingerprint density at radius 1 is 1.05 bits per heavy atom. The van der Waals surface area contributed by atoms with Gasteiger partial charge in [-0.1, -0.05) is 0 Å². The van der Waals surface area contributed by atoms with E-state index in [9.17, 15) is 14.4 Å². The molecule has 1 heterocycles. The molecule has 0 aromatic carbocycles. The molecule has 0 aromatic heterocycles. The van der Waals surface area contributed by atoms with Gasteiger partial charge >= 0.3 is 8.80 Å². The summed E-state index contributed by atoms with van der Waals surface area (Å²) < 4.78 is 24.9. The molecule has 0 amide bonds. The van der Waals surface area contributed by atoms with Gasteiger partial charge in [0.25, 0.3) is 17.9 Å². The lowest BCUT2D eigenvalue weighted by molar-refractivity contribution is -0.149. The van der Waals surface area contributed by atoms with Crippen LogP contribution in [0.2, 0.25) is 0 Å². The van der Waals surface area contributed by atoms with Crippen LogP contribution in [0.4, 0.5) is 0 Å². The average Bonchev–Trinajstić information content (AvgIpc) is 2.97. The number of epoxide rings is 1. The molecule has 0 spiro atoms. The lowest BCUT2D eigenvalue weighted by atomic mass is 10.5. The van der Waals surface area contributed by atoms with Gasteiger partial charge in [0.15, 0.2) is 6.23 Å².